The van der Waals surface area contributed by atoms with Crippen molar-refractivity contribution in [2.45, 2.75) is 17.4 Å². The number of benzene rings is 1. The van der Waals surface area contributed by atoms with Gasteiger partial charge in [-0.2, -0.15) is 11.8 Å². The number of halogens is 2. The standard InChI is InChI=1S/C11H15BrFNO3S2/c1-11(15,7-18-2)6-14-19(16,17)10-4-3-8(12)5-9(10)13/h3-5,14-15H,6-7H2,1-2H3. The van der Waals surface area contributed by atoms with E-state index in [1.165, 1.54) is 30.8 Å². The van der Waals surface area contributed by atoms with Crippen molar-refractivity contribution >= 4 is 37.7 Å². The van der Waals surface area contributed by atoms with Crippen molar-refractivity contribution in [3.63, 3.8) is 0 Å². The number of thioether (sulfide) groups is 1. The Balaban J connectivity index is 2.87. The van der Waals surface area contributed by atoms with Crippen LogP contribution >= 0.6 is 27.7 Å². The van der Waals surface area contributed by atoms with Crippen LogP contribution in [0.4, 0.5) is 4.39 Å². The molecule has 0 radical (unpaired) electrons. The topological polar surface area (TPSA) is 66.4 Å². The van der Waals surface area contributed by atoms with Gasteiger partial charge in [0.2, 0.25) is 10.0 Å². The lowest BCUT2D eigenvalue weighted by Crippen LogP contribution is -2.42. The first-order chi connectivity index (χ1) is 8.68. The van der Waals surface area contributed by atoms with Crippen LogP contribution in [-0.2, 0) is 10.0 Å². The summed E-state index contributed by atoms with van der Waals surface area (Å²) in [4.78, 5) is -0.435. The highest BCUT2D eigenvalue weighted by Gasteiger charge is 2.25. The number of rotatable bonds is 6. The zero-order valence-electron chi connectivity index (χ0n) is 10.5. The summed E-state index contributed by atoms with van der Waals surface area (Å²) >= 11 is 4.45. The molecule has 1 aromatic rings. The summed E-state index contributed by atoms with van der Waals surface area (Å²) in [5.41, 5.74) is -1.18. The third kappa shape index (κ3) is 5.03. The normalized spacial score (nSPS) is 15.2. The maximum absolute atomic E-state index is 13.6. The van der Waals surface area contributed by atoms with Gasteiger partial charge in [-0.05, 0) is 31.4 Å². The van der Waals surface area contributed by atoms with E-state index in [1.54, 1.807) is 6.26 Å². The molecule has 0 saturated carbocycles. The van der Waals surface area contributed by atoms with Crippen LogP contribution < -0.4 is 4.72 Å². The van der Waals surface area contributed by atoms with Crippen molar-refractivity contribution in [3.05, 3.63) is 28.5 Å². The van der Waals surface area contributed by atoms with Crippen molar-refractivity contribution in [1.82, 2.24) is 4.72 Å². The highest BCUT2D eigenvalue weighted by molar-refractivity contribution is 9.10. The molecule has 19 heavy (non-hydrogen) atoms. The van der Waals surface area contributed by atoms with Gasteiger partial charge in [-0.3, -0.25) is 0 Å². The molecule has 0 aliphatic carbocycles. The van der Waals surface area contributed by atoms with Gasteiger partial charge < -0.3 is 5.11 Å². The van der Waals surface area contributed by atoms with E-state index in [0.29, 0.717) is 10.2 Å². The Labute approximate surface area is 125 Å². The molecule has 0 aliphatic heterocycles. The minimum Gasteiger partial charge on any atom is -0.388 e. The predicted octanol–water partition coefficient (Wildman–Crippen LogP) is 1.98. The van der Waals surface area contributed by atoms with Gasteiger partial charge in [-0.15, -0.1) is 0 Å². The zero-order chi connectivity index (χ0) is 14.7. The molecule has 1 unspecified atom stereocenters. The first-order valence-corrected chi connectivity index (χ1v) is 9.01. The number of hydrogen-bond donors (Lipinski definition) is 2. The van der Waals surface area contributed by atoms with Crippen molar-refractivity contribution in [3.8, 4) is 0 Å². The van der Waals surface area contributed by atoms with Crippen LogP contribution in [0.3, 0.4) is 0 Å². The van der Waals surface area contributed by atoms with Crippen molar-refractivity contribution in [1.29, 1.82) is 0 Å². The third-order valence-electron chi connectivity index (χ3n) is 2.28. The Morgan fingerprint density at radius 2 is 2.16 bits per heavy atom. The Morgan fingerprint density at radius 1 is 1.53 bits per heavy atom. The molecule has 108 valence electrons. The highest BCUT2D eigenvalue weighted by atomic mass is 79.9. The fraction of sp³-hybridized carbons (Fsp3) is 0.455. The largest absolute Gasteiger partial charge is 0.388 e. The molecule has 0 spiro atoms. The van der Waals surface area contributed by atoms with Crippen molar-refractivity contribution in [2.24, 2.45) is 0 Å². The molecule has 0 saturated heterocycles. The second-order valence-electron chi connectivity index (χ2n) is 4.33. The maximum Gasteiger partial charge on any atom is 0.243 e. The summed E-state index contributed by atoms with van der Waals surface area (Å²) in [6, 6.07) is 3.69. The van der Waals surface area contributed by atoms with E-state index in [1.807, 2.05) is 0 Å². The fourth-order valence-corrected chi connectivity index (χ4v) is 3.66. The van der Waals surface area contributed by atoms with Crippen LogP contribution in [0.5, 0.6) is 0 Å². The van der Waals surface area contributed by atoms with Gasteiger partial charge in [0.1, 0.15) is 10.7 Å². The van der Waals surface area contributed by atoms with Crippen LogP contribution in [0.1, 0.15) is 6.92 Å². The van der Waals surface area contributed by atoms with Crippen LogP contribution in [0.25, 0.3) is 0 Å². The first kappa shape index (κ1) is 16.9. The summed E-state index contributed by atoms with van der Waals surface area (Å²) < 4.78 is 40.1. The van der Waals surface area contributed by atoms with Crippen LogP contribution in [0.2, 0.25) is 0 Å². The minimum absolute atomic E-state index is 0.175. The average Bonchev–Trinajstić information content (AvgIpc) is 2.26. The van der Waals surface area contributed by atoms with E-state index >= 15 is 0 Å². The molecule has 1 atom stereocenters. The quantitative estimate of drug-likeness (QED) is 0.802. The molecule has 0 amide bonds. The molecule has 0 aromatic heterocycles. The van der Waals surface area contributed by atoms with Crippen molar-refractivity contribution < 1.29 is 17.9 Å². The highest BCUT2D eigenvalue weighted by Crippen LogP contribution is 2.19. The molecular weight excluding hydrogens is 357 g/mol. The van der Waals surface area contributed by atoms with E-state index < -0.39 is 26.3 Å². The zero-order valence-corrected chi connectivity index (χ0v) is 13.7. The lowest BCUT2D eigenvalue weighted by molar-refractivity contribution is 0.0908. The molecular formula is C11H15BrFNO3S2. The second kappa shape index (κ2) is 6.53. The molecule has 1 aromatic carbocycles. The van der Waals surface area contributed by atoms with E-state index in [4.69, 9.17) is 0 Å². The molecule has 0 heterocycles. The van der Waals surface area contributed by atoms with E-state index in [-0.39, 0.29) is 6.54 Å². The Kier molecular flexibility index (Phi) is 5.81. The summed E-state index contributed by atoms with van der Waals surface area (Å²) in [7, 11) is -3.97. The smallest absolute Gasteiger partial charge is 0.243 e. The Hall–Kier alpha value is -0.150. The lowest BCUT2D eigenvalue weighted by Gasteiger charge is -2.22. The number of nitrogens with one attached hydrogen (secondary N) is 1. The summed E-state index contributed by atoms with van der Waals surface area (Å²) in [5, 5.41) is 9.89. The monoisotopic (exact) mass is 371 g/mol. The molecule has 1 rings (SSSR count). The van der Waals surface area contributed by atoms with Gasteiger partial charge in [-0.1, -0.05) is 15.9 Å². The maximum atomic E-state index is 13.6. The predicted molar refractivity (Wildman–Crippen MR) is 78.3 cm³/mol. The molecule has 0 aliphatic rings. The van der Waals surface area contributed by atoms with Crippen molar-refractivity contribution in [2.75, 3.05) is 18.6 Å². The number of sulfonamides is 1. The van der Waals surface area contributed by atoms with E-state index in [2.05, 4.69) is 20.7 Å². The van der Waals surface area contributed by atoms with Gasteiger partial charge in [0, 0.05) is 16.8 Å². The van der Waals surface area contributed by atoms with Gasteiger partial charge in [0.15, 0.2) is 0 Å². The summed E-state index contributed by atoms with van der Waals surface area (Å²) in [6.07, 6.45) is 1.80. The van der Waals surface area contributed by atoms with E-state index in [9.17, 15) is 17.9 Å². The third-order valence-corrected chi connectivity index (χ3v) is 5.12. The SMILES string of the molecule is CSCC(C)(O)CNS(=O)(=O)c1ccc(Br)cc1F. The van der Waals surface area contributed by atoms with Gasteiger partial charge in [0.05, 0.1) is 5.60 Å². The lowest BCUT2D eigenvalue weighted by atomic mass is 10.1. The molecule has 4 nitrogen and oxygen atoms in total. The van der Waals surface area contributed by atoms with Crippen LogP contribution in [-0.4, -0.2) is 37.7 Å². The number of aliphatic hydroxyl groups is 1. The molecule has 0 fully saturated rings. The van der Waals surface area contributed by atoms with Crippen LogP contribution in [0.15, 0.2) is 27.6 Å². The van der Waals surface area contributed by atoms with E-state index in [0.717, 1.165) is 6.07 Å². The number of hydrogen-bond acceptors (Lipinski definition) is 4. The Bertz CT molecular complexity index is 549. The molecule has 0 bridgehead atoms. The second-order valence-corrected chi connectivity index (χ2v) is 7.85. The minimum atomic E-state index is -3.97. The fourth-order valence-electron chi connectivity index (χ4n) is 1.38. The Morgan fingerprint density at radius 3 is 2.68 bits per heavy atom. The van der Waals surface area contributed by atoms with Gasteiger partial charge in [0.25, 0.3) is 0 Å². The first-order valence-electron chi connectivity index (χ1n) is 5.34. The summed E-state index contributed by atoms with van der Waals surface area (Å²) in [6.45, 7) is 1.34. The van der Waals surface area contributed by atoms with Gasteiger partial charge in [-0.25, -0.2) is 17.5 Å². The average molecular weight is 372 g/mol. The van der Waals surface area contributed by atoms with Gasteiger partial charge >= 0.3 is 0 Å². The molecule has 8 heteroatoms. The van der Waals surface area contributed by atoms with Crippen LogP contribution in [0, 0.1) is 5.82 Å². The summed E-state index contributed by atoms with van der Waals surface area (Å²) in [5.74, 6) is -0.468. The molecule has 2 N–H and O–H groups in total.